The number of nitrogens with zero attached hydrogens (tertiary/aromatic N) is 1. The third kappa shape index (κ3) is 3.02. The zero-order chi connectivity index (χ0) is 13.8. The first kappa shape index (κ1) is 15.0. The highest BCUT2D eigenvalue weighted by Gasteiger charge is 2.45. The first-order chi connectivity index (χ1) is 8.46. The Kier molecular flexibility index (Phi) is 5.14. The third-order valence-corrected chi connectivity index (χ3v) is 4.06. The van der Waals surface area contributed by atoms with Crippen LogP contribution < -0.4 is 5.73 Å². The number of hydrogen-bond acceptors (Lipinski definition) is 3. The first-order valence-corrected chi connectivity index (χ1v) is 6.69. The number of carbonyl (C=O) groups excluding carboxylic acids is 1. The Balaban J connectivity index is 2.60. The van der Waals surface area contributed by atoms with Gasteiger partial charge in [-0.2, -0.15) is 0 Å². The molecule has 3 N–H and O–H groups in total. The van der Waals surface area contributed by atoms with Crippen LogP contribution in [0, 0.1) is 11.3 Å². The van der Waals surface area contributed by atoms with Crippen LogP contribution in [0.3, 0.4) is 0 Å². The molecule has 2 atom stereocenters. The molecule has 0 aromatic heterocycles. The van der Waals surface area contributed by atoms with Crippen molar-refractivity contribution in [2.75, 3.05) is 19.6 Å². The Labute approximate surface area is 108 Å². The van der Waals surface area contributed by atoms with Crippen LogP contribution in [0.2, 0.25) is 0 Å². The number of amides is 1. The molecule has 1 fully saturated rings. The number of rotatable bonds is 6. The van der Waals surface area contributed by atoms with Gasteiger partial charge in [-0.05, 0) is 32.2 Å². The summed E-state index contributed by atoms with van der Waals surface area (Å²) in [4.78, 5) is 25.2. The van der Waals surface area contributed by atoms with E-state index >= 15 is 0 Å². The highest BCUT2D eigenvalue weighted by molar-refractivity contribution is 5.82. The van der Waals surface area contributed by atoms with Crippen LogP contribution in [-0.2, 0) is 9.59 Å². The molecule has 104 valence electrons. The molecule has 1 heterocycles. The molecule has 1 aliphatic rings. The Morgan fingerprint density at radius 3 is 2.61 bits per heavy atom. The zero-order valence-corrected chi connectivity index (χ0v) is 11.3. The monoisotopic (exact) mass is 256 g/mol. The summed E-state index contributed by atoms with van der Waals surface area (Å²) in [6.07, 6.45) is 2.74. The van der Waals surface area contributed by atoms with Gasteiger partial charge in [-0.15, -0.1) is 0 Å². The van der Waals surface area contributed by atoms with Gasteiger partial charge in [0.1, 0.15) is 0 Å². The number of aliphatic carboxylic acids is 1. The van der Waals surface area contributed by atoms with E-state index in [4.69, 9.17) is 5.73 Å². The lowest BCUT2D eigenvalue weighted by atomic mass is 9.84. The summed E-state index contributed by atoms with van der Waals surface area (Å²) < 4.78 is 0. The van der Waals surface area contributed by atoms with Gasteiger partial charge in [0.05, 0.1) is 5.41 Å². The number of hydrogen-bond donors (Lipinski definition) is 2. The van der Waals surface area contributed by atoms with Crippen molar-refractivity contribution in [2.45, 2.75) is 39.5 Å². The van der Waals surface area contributed by atoms with Gasteiger partial charge in [-0.25, -0.2) is 0 Å². The third-order valence-electron chi connectivity index (χ3n) is 4.06. The number of likely N-dealkylation sites (tertiary alicyclic amines) is 1. The molecule has 0 radical (unpaired) electrons. The fourth-order valence-corrected chi connectivity index (χ4v) is 2.53. The van der Waals surface area contributed by atoms with E-state index in [0.717, 1.165) is 12.8 Å². The summed E-state index contributed by atoms with van der Waals surface area (Å²) in [7, 11) is 0. The van der Waals surface area contributed by atoms with E-state index in [1.54, 1.807) is 4.90 Å². The molecular formula is C13H24N2O3. The lowest BCUT2D eigenvalue weighted by molar-refractivity contribution is -0.149. The quantitative estimate of drug-likeness (QED) is 0.744. The Morgan fingerprint density at radius 2 is 2.17 bits per heavy atom. The normalized spacial score (nSPS) is 25.2. The summed E-state index contributed by atoms with van der Waals surface area (Å²) in [5.41, 5.74) is 4.70. The maximum absolute atomic E-state index is 12.2. The van der Waals surface area contributed by atoms with Crippen molar-refractivity contribution in [2.24, 2.45) is 17.1 Å². The van der Waals surface area contributed by atoms with Gasteiger partial charge >= 0.3 is 5.97 Å². The Hall–Kier alpha value is -1.10. The molecule has 0 bridgehead atoms. The second kappa shape index (κ2) is 6.18. The predicted octanol–water partition coefficient (Wildman–Crippen LogP) is 1.07. The topological polar surface area (TPSA) is 83.6 Å². The lowest BCUT2D eigenvalue weighted by Crippen LogP contribution is -2.38. The van der Waals surface area contributed by atoms with E-state index in [2.05, 4.69) is 0 Å². The molecule has 1 saturated heterocycles. The largest absolute Gasteiger partial charge is 0.481 e. The molecule has 0 aliphatic carbocycles. The van der Waals surface area contributed by atoms with Crippen LogP contribution >= 0.6 is 0 Å². The highest BCUT2D eigenvalue weighted by Crippen LogP contribution is 2.35. The minimum atomic E-state index is -0.782. The van der Waals surface area contributed by atoms with Crippen molar-refractivity contribution >= 4 is 11.9 Å². The van der Waals surface area contributed by atoms with Crippen LogP contribution in [-0.4, -0.2) is 41.5 Å². The second-order valence-corrected chi connectivity index (χ2v) is 5.28. The highest BCUT2D eigenvalue weighted by atomic mass is 16.4. The van der Waals surface area contributed by atoms with E-state index in [9.17, 15) is 14.7 Å². The predicted molar refractivity (Wildman–Crippen MR) is 69.0 cm³/mol. The van der Waals surface area contributed by atoms with Crippen LogP contribution in [0.1, 0.15) is 39.5 Å². The summed E-state index contributed by atoms with van der Waals surface area (Å²) in [5.74, 6) is -0.773. The molecule has 5 heteroatoms. The maximum Gasteiger partial charge on any atom is 0.311 e. The molecule has 0 aromatic rings. The molecule has 0 aromatic carbocycles. The van der Waals surface area contributed by atoms with E-state index in [0.29, 0.717) is 32.5 Å². The zero-order valence-electron chi connectivity index (χ0n) is 11.3. The van der Waals surface area contributed by atoms with Gasteiger partial charge in [0.25, 0.3) is 0 Å². The van der Waals surface area contributed by atoms with E-state index in [-0.39, 0.29) is 11.8 Å². The summed E-state index contributed by atoms with van der Waals surface area (Å²) in [5, 5.41) is 9.29. The van der Waals surface area contributed by atoms with Crippen LogP contribution in [0.4, 0.5) is 0 Å². The molecular weight excluding hydrogens is 232 g/mol. The number of nitrogens with two attached hydrogens (primary N) is 1. The first-order valence-electron chi connectivity index (χ1n) is 6.69. The van der Waals surface area contributed by atoms with Crippen molar-refractivity contribution in [3.8, 4) is 0 Å². The SMILES string of the molecule is CCC1(C(=O)O)CCN(C(=O)C(C)CCCN)C1. The van der Waals surface area contributed by atoms with Crippen molar-refractivity contribution in [1.82, 2.24) is 4.90 Å². The van der Waals surface area contributed by atoms with Crippen molar-refractivity contribution in [3.05, 3.63) is 0 Å². The minimum absolute atomic E-state index is 0.0602. The molecule has 1 amide bonds. The van der Waals surface area contributed by atoms with Crippen molar-refractivity contribution in [1.29, 1.82) is 0 Å². The Morgan fingerprint density at radius 1 is 1.50 bits per heavy atom. The minimum Gasteiger partial charge on any atom is -0.481 e. The second-order valence-electron chi connectivity index (χ2n) is 5.28. The molecule has 2 unspecified atom stereocenters. The molecule has 0 saturated carbocycles. The number of carboxylic acids is 1. The molecule has 0 spiro atoms. The molecule has 5 nitrogen and oxygen atoms in total. The van der Waals surface area contributed by atoms with E-state index in [1.807, 2.05) is 13.8 Å². The lowest BCUT2D eigenvalue weighted by Gasteiger charge is -2.24. The number of carbonyl (C=O) groups is 2. The average Bonchev–Trinajstić information content (AvgIpc) is 2.80. The smallest absolute Gasteiger partial charge is 0.311 e. The van der Waals surface area contributed by atoms with Gasteiger partial charge in [-0.3, -0.25) is 9.59 Å². The summed E-state index contributed by atoms with van der Waals surface area (Å²) >= 11 is 0. The summed E-state index contributed by atoms with van der Waals surface area (Å²) in [6.45, 7) is 5.27. The van der Waals surface area contributed by atoms with Gasteiger partial charge < -0.3 is 15.7 Å². The fourth-order valence-electron chi connectivity index (χ4n) is 2.53. The van der Waals surface area contributed by atoms with Gasteiger partial charge in [0.15, 0.2) is 0 Å². The number of carboxylic acid groups (broad SMARTS) is 1. The molecule has 18 heavy (non-hydrogen) atoms. The van der Waals surface area contributed by atoms with Gasteiger partial charge in [0.2, 0.25) is 5.91 Å². The standard InChI is InChI=1S/C13H24N2O3/c1-3-13(12(17)18)6-8-15(9-13)11(16)10(2)5-4-7-14/h10H,3-9,14H2,1-2H3,(H,17,18). The van der Waals surface area contributed by atoms with Crippen molar-refractivity contribution < 1.29 is 14.7 Å². The van der Waals surface area contributed by atoms with Crippen molar-refractivity contribution in [3.63, 3.8) is 0 Å². The van der Waals surface area contributed by atoms with Crippen LogP contribution in [0.25, 0.3) is 0 Å². The average molecular weight is 256 g/mol. The van der Waals surface area contributed by atoms with E-state index < -0.39 is 11.4 Å². The Bertz CT molecular complexity index is 319. The summed E-state index contributed by atoms with van der Waals surface area (Å²) in [6, 6.07) is 0. The molecule has 1 aliphatic heterocycles. The van der Waals surface area contributed by atoms with Crippen LogP contribution in [0.5, 0.6) is 0 Å². The van der Waals surface area contributed by atoms with E-state index in [1.165, 1.54) is 0 Å². The van der Waals surface area contributed by atoms with Crippen LogP contribution in [0.15, 0.2) is 0 Å². The fraction of sp³-hybridized carbons (Fsp3) is 0.846. The molecule has 1 rings (SSSR count). The maximum atomic E-state index is 12.2. The van der Waals surface area contributed by atoms with Gasteiger partial charge in [0, 0.05) is 19.0 Å². The van der Waals surface area contributed by atoms with Gasteiger partial charge in [-0.1, -0.05) is 13.8 Å².